The van der Waals surface area contributed by atoms with E-state index in [2.05, 4.69) is 308 Å². The van der Waals surface area contributed by atoms with Crippen molar-refractivity contribution in [1.82, 2.24) is 9.55 Å². The van der Waals surface area contributed by atoms with Gasteiger partial charge in [0.25, 0.3) is 0 Å². The molecule has 0 saturated carbocycles. The zero-order valence-electron chi connectivity index (χ0n) is 47.3. The molecule has 0 atom stereocenters. The summed E-state index contributed by atoms with van der Waals surface area (Å²) in [5, 5.41) is 2.29. The predicted octanol–water partition coefficient (Wildman–Crippen LogP) is 19.8. The van der Waals surface area contributed by atoms with Gasteiger partial charge in [0.15, 0.2) is 0 Å². The lowest BCUT2D eigenvalue weighted by Crippen LogP contribution is -2.25. The molecule has 0 fully saturated rings. The normalized spacial score (nSPS) is 13.1. The minimum atomic E-state index is -0.252. The first-order chi connectivity index (χ1) is 37.9. The molecule has 1 aliphatic heterocycles. The monoisotopic (exact) mass is 1030 g/mol. The van der Waals surface area contributed by atoms with Crippen LogP contribution in [0.4, 0.5) is 22.7 Å². The molecule has 2 aromatic heterocycles. The van der Waals surface area contributed by atoms with Crippen molar-refractivity contribution in [2.24, 2.45) is 0 Å². The number of ether oxygens (including phenoxy) is 1. The van der Waals surface area contributed by atoms with Crippen molar-refractivity contribution < 1.29 is 4.74 Å². The molecule has 79 heavy (non-hydrogen) atoms. The number of hydrogen-bond acceptors (Lipinski definition) is 4. The van der Waals surface area contributed by atoms with Gasteiger partial charge in [0.1, 0.15) is 24.0 Å². The summed E-state index contributed by atoms with van der Waals surface area (Å²) in [6.07, 6.45) is 1.96. The smallest absolute Gasteiger partial charge is 0.137 e. The predicted molar refractivity (Wildman–Crippen MR) is 333 cm³/mol. The Bertz CT molecular complexity index is 4030. The van der Waals surface area contributed by atoms with Crippen LogP contribution in [0.2, 0.25) is 0 Å². The van der Waals surface area contributed by atoms with Gasteiger partial charge < -0.3 is 14.5 Å². The summed E-state index contributed by atoms with van der Waals surface area (Å²) in [4.78, 5) is 10.1. The van der Waals surface area contributed by atoms with E-state index in [9.17, 15) is 0 Å². The van der Waals surface area contributed by atoms with E-state index in [1.807, 2.05) is 6.20 Å². The molecule has 0 radical (unpaired) electrons. The molecule has 11 aromatic rings. The molecule has 3 heterocycles. The Morgan fingerprint density at radius 3 is 1.53 bits per heavy atom. The molecule has 5 heteroatoms. The van der Waals surface area contributed by atoms with Crippen molar-refractivity contribution in [2.75, 3.05) is 16.5 Å². The molecule has 0 unspecified atom stereocenters. The molecule has 5 nitrogen and oxygen atoms in total. The van der Waals surface area contributed by atoms with Gasteiger partial charge in [-0.1, -0.05) is 209 Å². The van der Waals surface area contributed by atoms with Crippen LogP contribution >= 0.6 is 0 Å². The summed E-state index contributed by atoms with van der Waals surface area (Å²) in [6, 6.07) is 81.9. The van der Waals surface area contributed by atoms with Crippen LogP contribution < -0.4 is 14.5 Å². The number of fused-ring (bicyclic) bond motifs is 4. The van der Waals surface area contributed by atoms with Gasteiger partial charge in [-0.15, -0.1) is 0 Å². The lowest BCUT2D eigenvalue weighted by atomic mass is 9.78. The van der Waals surface area contributed by atoms with E-state index in [0.717, 1.165) is 56.2 Å². The van der Waals surface area contributed by atoms with E-state index in [4.69, 9.17) is 9.72 Å². The number of hydrogen-bond donors (Lipinski definition) is 0. The van der Waals surface area contributed by atoms with Crippen LogP contribution in [0.3, 0.4) is 0 Å². The standard InChI is InChI=1S/C74H70N4O/c1-71(2,3)58-39-53(51-25-17-12-18-26-51)40-60(42-58)77-49-76(67-36-32-56(45-69(67)77)73(7,8)54-27-19-13-20-28-54)61-43-59(72(4,5)6)44-63(47-61)79-62-33-34-64-65-41-52(50-23-15-11-16-24-50)31-35-66(65)78(68(64)48-62)70-46-57(37-38-75-70)74(9,10)55-29-21-14-22-30-55/h11-48H,49H2,1-10H3. The first-order valence-corrected chi connectivity index (χ1v) is 27.9. The fraction of sp³-hybridized carbons (Fsp3) is 0.203. The van der Waals surface area contributed by atoms with Crippen LogP contribution in [0.25, 0.3) is 49.9 Å². The molecule has 0 saturated heterocycles. The van der Waals surface area contributed by atoms with Gasteiger partial charge in [-0.25, -0.2) is 4.98 Å². The minimum Gasteiger partial charge on any atom is -0.457 e. The zero-order valence-corrected chi connectivity index (χ0v) is 47.3. The second-order valence-electron chi connectivity index (χ2n) is 24.7. The molecule has 1 aliphatic rings. The molecular weight excluding hydrogens is 961 g/mol. The lowest BCUT2D eigenvalue weighted by Gasteiger charge is -2.28. The van der Waals surface area contributed by atoms with Crippen LogP contribution in [0.15, 0.2) is 231 Å². The molecule has 0 aliphatic carbocycles. The highest BCUT2D eigenvalue weighted by molar-refractivity contribution is 6.10. The van der Waals surface area contributed by atoms with E-state index >= 15 is 0 Å². The van der Waals surface area contributed by atoms with E-state index in [1.165, 1.54) is 61.3 Å². The Labute approximate surface area is 467 Å². The average Bonchev–Trinajstić information content (AvgIpc) is 4.26. The molecule has 0 spiro atoms. The van der Waals surface area contributed by atoms with Gasteiger partial charge >= 0.3 is 0 Å². The third-order valence-electron chi connectivity index (χ3n) is 16.6. The Hall–Kier alpha value is -8.67. The third-order valence-corrected chi connectivity index (χ3v) is 16.6. The van der Waals surface area contributed by atoms with Crippen molar-refractivity contribution in [3.63, 3.8) is 0 Å². The number of pyridine rings is 1. The first-order valence-electron chi connectivity index (χ1n) is 27.9. The van der Waals surface area contributed by atoms with Crippen LogP contribution in [-0.4, -0.2) is 16.2 Å². The summed E-state index contributed by atoms with van der Waals surface area (Å²) in [7, 11) is 0. The van der Waals surface area contributed by atoms with Gasteiger partial charge in [0.05, 0.1) is 22.4 Å². The molecule has 0 N–H and O–H groups in total. The van der Waals surface area contributed by atoms with Crippen molar-refractivity contribution >= 4 is 44.6 Å². The number of rotatable bonds is 11. The number of benzene rings is 9. The van der Waals surface area contributed by atoms with E-state index in [0.29, 0.717) is 6.67 Å². The Balaban J connectivity index is 0.989. The number of anilines is 4. The molecule has 392 valence electrons. The molecule has 0 bridgehead atoms. The highest BCUT2D eigenvalue weighted by Gasteiger charge is 2.34. The van der Waals surface area contributed by atoms with Crippen molar-refractivity contribution in [3.8, 4) is 39.6 Å². The maximum atomic E-state index is 7.19. The van der Waals surface area contributed by atoms with Gasteiger partial charge in [-0.05, 0) is 139 Å². The van der Waals surface area contributed by atoms with Crippen LogP contribution in [0.1, 0.15) is 103 Å². The topological polar surface area (TPSA) is 33.5 Å². The maximum Gasteiger partial charge on any atom is 0.137 e. The van der Waals surface area contributed by atoms with Crippen molar-refractivity contribution in [2.45, 2.75) is 90.9 Å². The molecular formula is C74H70N4O. The highest BCUT2D eigenvalue weighted by atomic mass is 16.5. The van der Waals surface area contributed by atoms with Crippen LogP contribution in [0, 0.1) is 0 Å². The SMILES string of the molecule is CC(C)(C)c1cc(Oc2ccc3c4cc(-c5ccccc5)ccc4n(-c4cc(C(C)(C)c5ccccc5)ccn4)c3c2)cc(N2CN(c3cc(-c4ccccc4)cc(C(C)(C)C)c3)c3cc(C(C)(C)c4ccccc4)ccc32)c1. The summed E-state index contributed by atoms with van der Waals surface area (Å²) >= 11 is 0. The Morgan fingerprint density at radius 1 is 0.354 bits per heavy atom. The molecule has 0 amide bonds. The quantitative estimate of drug-likeness (QED) is 0.129. The lowest BCUT2D eigenvalue weighted by molar-refractivity contribution is 0.479. The summed E-state index contributed by atoms with van der Waals surface area (Å²) < 4.78 is 9.51. The second-order valence-corrected chi connectivity index (χ2v) is 24.7. The fourth-order valence-electron chi connectivity index (χ4n) is 11.6. The molecule has 12 rings (SSSR count). The first kappa shape index (κ1) is 51.1. The van der Waals surface area contributed by atoms with Gasteiger partial charge in [-0.3, -0.25) is 4.57 Å². The number of aromatic nitrogens is 2. The van der Waals surface area contributed by atoms with Crippen LogP contribution in [-0.2, 0) is 21.7 Å². The summed E-state index contributed by atoms with van der Waals surface area (Å²) in [5.74, 6) is 2.39. The van der Waals surface area contributed by atoms with Gasteiger partial charge in [0.2, 0.25) is 0 Å². The fourth-order valence-corrected chi connectivity index (χ4v) is 11.6. The molecule has 9 aromatic carbocycles. The van der Waals surface area contributed by atoms with Gasteiger partial charge in [0, 0.05) is 51.3 Å². The summed E-state index contributed by atoms with van der Waals surface area (Å²) in [5.41, 5.74) is 18.2. The van der Waals surface area contributed by atoms with Gasteiger partial charge in [-0.2, -0.15) is 0 Å². The summed E-state index contributed by atoms with van der Waals surface area (Å²) in [6.45, 7) is 23.7. The van der Waals surface area contributed by atoms with Crippen molar-refractivity contribution in [3.05, 3.63) is 264 Å². The minimum absolute atomic E-state index is 0.0749. The largest absolute Gasteiger partial charge is 0.457 e. The average molecular weight is 1030 g/mol. The van der Waals surface area contributed by atoms with E-state index in [-0.39, 0.29) is 21.7 Å². The third kappa shape index (κ3) is 9.67. The maximum absolute atomic E-state index is 7.19. The number of nitrogens with zero attached hydrogens (tertiary/aromatic N) is 4. The van der Waals surface area contributed by atoms with E-state index < -0.39 is 0 Å². The Morgan fingerprint density at radius 2 is 0.911 bits per heavy atom. The highest BCUT2D eigenvalue weighted by Crippen LogP contribution is 2.50. The van der Waals surface area contributed by atoms with Crippen LogP contribution in [0.5, 0.6) is 11.5 Å². The van der Waals surface area contributed by atoms with Crippen molar-refractivity contribution in [1.29, 1.82) is 0 Å². The second kappa shape index (κ2) is 19.7. The van der Waals surface area contributed by atoms with E-state index in [1.54, 1.807) is 0 Å². The zero-order chi connectivity index (χ0) is 54.8. The Kier molecular flexibility index (Phi) is 12.7.